The van der Waals surface area contributed by atoms with Crippen LogP contribution in [0.1, 0.15) is 12.0 Å². The van der Waals surface area contributed by atoms with Crippen LogP contribution in [-0.2, 0) is 11.3 Å². The maximum atomic E-state index is 13.2. The molecule has 1 saturated heterocycles. The topological polar surface area (TPSA) is 41.1 Å². The number of carbonyl (C=O) groups excluding carboxylic acids is 1. The Morgan fingerprint density at radius 1 is 1.52 bits per heavy atom. The van der Waals surface area contributed by atoms with Crippen LogP contribution < -0.4 is 10.6 Å². The second-order valence-corrected chi connectivity index (χ2v) is 5.52. The first-order valence-electron chi connectivity index (χ1n) is 6.12. The lowest BCUT2D eigenvalue weighted by molar-refractivity contribution is -0.123. The normalized spacial score (nSPS) is 19.9. The number of thioether (sulfide) groups is 1. The number of hydrogen-bond donors (Lipinski definition) is 2. The molecule has 1 aliphatic heterocycles. The zero-order valence-corrected chi connectivity index (χ0v) is 12.9. The van der Waals surface area contributed by atoms with Crippen molar-refractivity contribution in [3.8, 4) is 0 Å². The highest BCUT2D eigenvalue weighted by Gasteiger charge is 2.42. The Kier molecular flexibility index (Phi) is 6.37. The summed E-state index contributed by atoms with van der Waals surface area (Å²) in [6.07, 6.45) is 1.34. The van der Waals surface area contributed by atoms with Crippen molar-refractivity contribution in [2.24, 2.45) is 0 Å². The van der Waals surface area contributed by atoms with Crippen molar-refractivity contribution in [3.05, 3.63) is 29.6 Å². The van der Waals surface area contributed by atoms with Gasteiger partial charge in [0, 0.05) is 17.9 Å². The van der Waals surface area contributed by atoms with Gasteiger partial charge in [0.2, 0.25) is 5.91 Å². The van der Waals surface area contributed by atoms with E-state index in [1.807, 2.05) is 6.26 Å². The summed E-state index contributed by atoms with van der Waals surface area (Å²) in [5.41, 5.74) is 0.635. The fraction of sp³-hybridized carbons (Fsp3) is 0.462. The van der Waals surface area contributed by atoms with Crippen LogP contribution in [-0.4, -0.2) is 30.7 Å². The molecule has 1 atom stereocenters. The van der Waals surface area contributed by atoms with Crippen molar-refractivity contribution in [3.63, 3.8) is 0 Å². The fourth-order valence-electron chi connectivity index (χ4n) is 2.09. The first kappa shape index (κ1) is 18.1. The minimum absolute atomic E-state index is 0. The Morgan fingerprint density at radius 3 is 2.81 bits per heavy atom. The first-order valence-corrected chi connectivity index (χ1v) is 7.35. The van der Waals surface area contributed by atoms with E-state index >= 15 is 0 Å². The van der Waals surface area contributed by atoms with Crippen LogP contribution in [0.3, 0.4) is 0 Å². The summed E-state index contributed by atoms with van der Waals surface area (Å²) in [5, 5.41) is 5.05. The zero-order chi connectivity index (χ0) is 14.8. The minimum atomic E-state index is -2.84. The van der Waals surface area contributed by atoms with E-state index in [4.69, 9.17) is 0 Å². The fourth-order valence-corrected chi connectivity index (χ4v) is 2.69. The van der Waals surface area contributed by atoms with Gasteiger partial charge in [-0.15, -0.1) is 24.2 Å². The van der Waals surface area contributed by atoms with Gasteiger partial charge in [-0.2, -0.15) is 0 Å². The summed E-state index contributed by atoms with van der Waals surface area (Å²) in [6, 6.07) is 3.42. The second-order valence-electron chi connectivity index (χ2n) is 4.67. The lowest BCUT2D eigenvalue weighted by atomic mass is 10.1. The van der Waals surface area contributed by atoms with Crippen LogP contribution in [0.5, 0.6) is 0 Å². The summed E-state index contributed by atoms with van der Waals surface area (Å²) in [7, 11) is 0. The van der Waals surface area contributed by atoms with Gasteiger partial charge in [-0.3, -0.25) is 10.1 Å². The highest BCUT2D eigenvalue weighted by molar-refractivity contribution is 7.98. The number of rotatable bonds is 4. The number of nitrogens with one attached hydrogen (secondary N) is 2. The van der Waals surface area contributed by atoms with Crippen molar-refractivity contribution in [2.45, 2.75) is 29.8 Å². The van der Waals surface area contributed by atoms with Crippen molar-refractivity contribution in [1.82, 2.24) is 10.6 Å². The van der Waals surface area contributed by atoms with Gasteiger partial charge in [0.15, 0.2) is 0 Å². The lowest BCUT2D eigenvalue weighted by Crippen LogP contribution is -2.40. The summed E-state index contributed by atoms with van der Waals surface area (Å²) < 4.78 is 39.2. The molecular formula is C13H16ClF3N2OS. The summed E-state index contributed by atoms with van der Waals surface area (Å²) >= 11 is 1.43. The molecule has 1 amide bonds. The Bertz CT molecular complexity index is 516. The third-order valence-electron chi connectivity index (χ3n) is 3.12. The molecule has 8 heteroatoms. The number of hydrogen-bond acceptors (Lipinski definition) is 3. The van der Waals surface area contributed by atoms with E-state index in [2.05, 4.69) is 10.6 Å². The van der Waals surface area contributed by atoms with Crippen LogP contribution in [0, 0.1) is 5.82 Å². The van der Waals surface area contributed by atoms with Crippen molar-refractivity contribution in [2.75, 3.05) is 12.8 Å². The molecule has 2 N–H and O–H groups in total. The molecule has 1 heterocycles. The molecule has 0 saturated carbocycles. The molecule has 0 radical (unpaired) electrons. The van der Waals surface area contributed by atoms with Crippen molar-refractivity contribution in [1.29, 1.82) is 0 Å². The quantitative estimate of drug-likeness (QED) is 0.828. The van der Waals surface area contributed by atoms with Crippen molar-refractivity contribution >= 4 is 30.1 Å². The molecule has 118 valence electrons. The highest BCUT2D eigenvalue weighted by Crippen LogP contribution is 2.25. The number of carbonyl (C=O) groups is 1. The van der Waals surface area contributed by atoms with Crippen LogP contribution in [0.25, 0.3) is 0 Å². The largest absolute Gasteiger partial charge is 0.351 e. The van der Waals surface area contributed by atoms with E-state index in [-0.39, 0.29) is 19.0 Å². The van der Waals surface area contributed by atoms with Gasteiger partial charge < -0.3 is 5.32 Å². The molecule has 1 aliphatic rings. The van der Waals surface area contributed by atoms with Gasteiger partial charge >= 0.3 is 0 Å². The Morgan fingerprint density at radius 2 is 2.24 bits per heavy atom. The second kappa shape index (κ2) is 7.38. The zero-order valence-electron chi connectivity index (χ0n) is 11.3. The molecule has 0 aliphatic carbocycles. The third kappa shape index (κ3) is 4.79. The van der Waals surface area contributed by atoms with E-state index in [9.17, 15) is 18.0 Å². The monoisotopic (exact) mass is 340 g/mol. The molecule has 3 nitrogen and oxygen atoms in total. The number of halogens is 4. The summed E-state index contributed by atoms with van der Waals surface area (Å²) in [4.78, 5) is 12.6. The number of benzene rings is 1. The molecule has 1 aromatic rings. The molecular weight excluding hydrogens is 325 g/mol. The molecule has 21 heavy (non-hydrogen) atoms. The summed E-state index contributed by atoms with van der Waals surface area (Å²) in [5.74, 6) is -3.72. The van der Waals surface area contributed by atoms with E-state index < -0.39 is 36.7 Å². The third-order valence-corrected chi connectivity index (χ3v) is 3.96. The van der Waals surface area contributed by atoms with Crippen molar-refractivity contribution < 1.29 is 18.0 Å². The van der Waals surface area contributed by atoms with Gasteiger partial charge in [-0.05, 0) is 30.0 Å². The van der Waals surface area contributed by atoms with E-state index in [0.29, 0.717) is 5.56 Å². The molecule has 1 unspecified atom stereocenters. The van der Waals surface area contributed by atoms with Crippen LogP contribution in [0.4, 0.5) is 13.2 Å². The molecule has 2 rings (SSSR count). The first-order chi connectivity index (χ1) is 9.41. The van der Waals surface area contributed by atoms with E-state index in [1.54, 1.807) is 6.07 Å². The molecule has 0 bridgehead atoms. The van der Waals surface area contributed by atoms with Gasteiger partial charge in [0.25, 0.3) is 5.92 Å². The summed E-state index contributed by atoms with van der Waals surface area (Å²) in [6.45, 7) is -0.363. The highest BCUT2D eigenvalue weighted by atomic mass is 35.5. The number of amides is 1. The van der Waals surface area contributed by atoms with Crippen LogP contribution >= 0.6 is 24.2 Å². The average Bonchev–Trinajstić information content (AvgIpc) is 2.76. The van der Waals surface area contributed by atoms with Gasteiger partial charge in [0.05, 0.1) is 12.6 Å². The van der Waals surface area contributed by atoms with Crippen LogP contribution in [0.2, 0.25) is 0 Å². The standard InChI is InChI=1S/C13H15F3N2OS.ClH/c1-20-11-3-2-9(14)4-8(11)6-17-12(19)10-5-13(15,16)7-18-10;/h2-4,10,18H,5-7H2,1H3,(H,17,19);1H. The van der Waals surface area contributed by atoms with Gasteiger partial charge in [-0.25, -0.2) is 13.2 Å². The Balaban J connectivity index is 0.00000220. The Hall–Kier alpha value is -0.920. The number of alkyl halides is 2. The maximum absolute atomic E-state index is 13.2. The predicted molar refractivity (Wildman–Crippen MR) is 78.6 cm³/mol. The molecule has 0 aromatic heterocycles. The average molecular weight is 341 g/mol. The van der Waals surface area contributed by atoms with Gasteiger partial charge in [-0.1, -0.05) is 0 Å². The van der Waals surface area contributed by atoms with Gasteiger partial charge in [0.1, 0.15) is 5.82 Å². The smallest absolute Gasteiger partial charge is 0.262 e. The molecule has 0 spiro atoms. The SMILES string of the molecule is CSc1ccc(F)cc1CNC(=O)C1CC(F)(F)CN1.Cl. The Labute approximate surface area is 131 Å². The molecule has 1 fully saturated rings. The van der Waals surface area contributed by atoms with Crippen LogP contribution in [0.15, 0.2) is 23.1 Å². The van der Waals surface area contributed by atoms with E-state index in [1.165, 1.54) is 23.9 Å². The molecule has 1 aromatic carbocycles. The minimum Gasteiger partial charge on any atom is -0.351 e. The van der Waals surface area contributed by atoms with E-state index in [0.717, 1.165) is 4.90 Å². The lowest BCUT2D eigenvalue weighted by Gasteiger charge is -2.13. The predicted octanol–water partition coefficient (Wildman–Crippen LogP) is 2.58. The maximum Gasteiger partial charge on any atom is 0.262 e.